The molecule has 1 amide bonds. The average Bonchev–Trinajstić information content (AvgIpc) is 2.85. The molecule has 0 heterocycles. The van der Waals surface area contributed by atoms with E-state index in [1.807, 2.05) is 0 Å². The second kappa shape index (κ2) is 12.4. The van der Waals surface area contributed by atoms with Gasteiger partial charge in [-0.3, -0.25) is 10.1 Å². The molecule has 10 heteroatoms. The minimum Gasteiger partial charge on any atom is -0.497 e. The standard InChI is InChI=1S/C24H21Cl2N5O3/c1-33-21-11-18(12-22(13-21)34-2)23(32)29-24(30-27-14-16-3-7-19(25)8-4-16)31-28-15-17-5-9-20(26)10-6-17/h3-15H,1-2H3,(H2,29,30,31,32). The van der Waals surface area contributed by atoms with E-state index in [1.165, 1.54) is 20.4 Å². The van der Waals surface area contributed by atoms with E-state index in [4.69, 9.17) is 32.7 Å². The molecular weight excluding hydrogens is 477 g/mol. The van der Waals surface area contributed by atoms with Gasteiger partial charge in [0.15, 0.2) is 0 Å². The zero-order valence-corrected chi connectivity index (χ0v) is 19.8. The molecule has 0 aliphatic rings. The van der Waals surface area contributed by atoms with Gasteiger partial charge < -0.3 is 9.47 Å². The Hall–Kier alpha value is -3.88. The van der Waals surface area contributed by atoms with Gasteiger partial charge in [0, 0.05) is 21.7 Å². The Labute approximate surface area is 206 Å². The lowest BCUT2D eigenvalue weighted by Crippen LogP contribution is -2.38. The number of amides is 1. The van der Waals surface area contributed by atoms with Crippen molar-refractivity contribution in [3.63, 3.8) is 0 Å². The van der Waals surface area contributed by atoms with Gasteiger partial charge in [0.1, 0.15) is 11.5 Å². The van der Waals surface area contributed by atoms with Crippen molar-refractivity contribution in [1.29, 1.82) is 0 Å². The molecule has 2 N–H and O–H groups in total. The predicted molar refractivity (Wildman–Crippen MR) is 136 cm³/mol. The van der Waals surface area contributed by atoms with Crippen LogP contribution in [0.5, 0.6) is 11.5 Å². The highest BCUT2D eigenvalue weighted by atomic mass is 35.5. The number of hydrogen-bond acceptors (Lipinski definition) is 6. The number of carbonyl (C=O) groups excluding carboxylic acids is 1. The number of benzene rings is 3. The molecule has 3 aromatic rings. The number of nitrogens with one attached hydrogen (secondary N) is 2. The third-order valence-corrected chi connectivity index (χ3v) is 4.84. The summed E-state index contributed by atoms with van der Waals surface area (Å²) in [6, 6.07) is 18.9. The Balaban J connectivity index is 1.80. The Morgan fingerprint density at radius 3 is 1.88 bits per heavy atom. The van der Waals surface area contributed by atoms with Crippen LogP contribution in [0.15, 0.2) is 82.0 Å². The van der Waals surface area contributed by atoms with Crippen LogP contribution in [0.25, 0.3) is 0 Å². The summed E-state index contributed by atoms with van der Waals surface area (Å²) in [4.78, 5) is 12.9. The van der Waals surface area contributed by atoms with Crippen molar-refractivity contribution in [1.82, 2.24) is 10.7 Å². The molecule has 0 unspecified atom stereocenters. The summed E-state index contributed by atoms with van der Waals surface area (Å²) >= 11 is 11.8. The number of hydrazone groups is 1. The normalized spacial score (nSPS) is 11.6. The smallest absolute Gasteiger partial charge is 0.258 e. The van der Waals surface area contributed by atoms with E-state index in [1.54, 1.807) is 72.9 Å². The van der Waals surface area contributed by atoms with Crippen LogP contribution < -0.4 is 20.2 Å². The molecular formula is C24H21Cl2N5O3. The summed E-state index contributed by atoms with van der Waals surface area (Å²) < 4.78 is 10.5. The van der Waals surface area contributed by atoms with Crippen molar-refractivity contribution in [2.24, 2.45) is 15.3 Å². The molecule has 3 aromatic carbocycles. The number of hydrogen-bond donors (Lipinski definition) is 2. The minimum absolute atomic E-state index is 0.00205. The Kier molecular flexibility index (Phi) is 9.02. The van der Waals surface area contributed by atoms with Gasteiger partial charge in [0.25, 0.3) is 5.91 Å². The zero-order chi connectivity index (χ0) is 24.3. The van der Waals surface area contributed by atoms with E-state index in [0.717, 1.165) is 11.1 Å². The van der Waals surface area contributed by atoms with Gasteiger partial charge in [-0.1, -0.05) is 47.5 Å². The summed E-state index contributed by atoms with van der Waals surface area (Å²) in [5, 5.41) is 16.1. The molecule has 34 heavy (non-hydrogen) atoms. The number of nitrogens with zero attached hydrogens (tertiary/aromatic N) is 3. The summed E-state index contributed by atoms with van der Waals surface area (Å²) in [6.45, 7) is 0. The minimum atomic E-state index is -0.466. The van der Waals surface area contributed by atoms with Crippen LogP contribution in [0, 0.1) is 0 Å². The van der Waals surface area contributed by atoms with Crippen molar-refractivity contribution in [3.8, 4) is 11.5 Å². The van der Waals surface area contributed by atoms with Crippen LogP contribution in [0.4, 0.5) is 0 Å². The first-order valence-electron chi connectivity index (χ1n) is 9.92. The molecule has 0 aliphatic heterocycles. The second-order valence-corrected chi connectivity index (χ2v) is 7.59. The van der Waals surface area contributed by atoms with Crippen LogP contribution in [-0.4, -0.2) is 38.5 Å². The number of ether oxygens (including phenoxy) is 2. The number of halogens is 2. The molecule has 0 saturated heterocycles. The summed E-state index contributed by atoms with van der Waals surface area (Å²) in [6.07, 6.45) is 3.07. The van der Waals surface area contributed by atoms with Crippen molar-refractivity contribution >= 4 is 47.5 Å². The van der Waals surface area contributed by atoms with E-state index in [2.05, 4.69) is 26.0 Å². The lowest BCUT2D eigenvalue weighted by molar-refractivity contribution is 0.0975. The third-order valence-electron chi connectivity index (χ3n) is 4.33. The van der Waals surface area contributed by atoms with Gasteiger partial charge in [-0.2, -0.15) is 10.2 Å². The fraction of sp³-hybridized carbons (Fsp3) is 0.0833. The van der Waals surface area contributed by atoms with Crippen LogP contribution in [0.1, 0.15) is 21.5 Å². The van der Waals surface area contributed by atoms with Crippen molar-refractivity contribution < 1.29 is 14.3 Å². The lowest BCUT2D eigenvalue weighted by Gasteiger charge is -2.10. The topological polar surface area (TPSA) is 96.7 Å². The molecule has 0 aromatic heterocycles. The van der Waals surface area contributed by atoms with Gasteiger partial charge in [-0.25, -0.2) is 5.43 Å². The molecule has 0 saturated carbocycles. The highest BCUT2D eigenvalue weighted by Gasteiger charge is 2.12. The molecule has 174 valence electrons. The SMILES string of the molecule is COc1cc(OC)cc(C(=O)NC(=NN=Cc2ccc(Cl)cc2)NN=Cc2ccc(Cl)cc2)c1. The Morgan fingerprint density at radius 2 is 1.35 bits per heavy atom. The van der Waals surface area contributed by atoms with Crippen LogP contribution in [-0.2, 0) is 0 Å². The fourth-order valence-electron chi connectivity index (χ4n) is 2.61. The molecule has 8 nitrogen and oxygen atoms in total. The predicted octanol–water partition coefficient (Wildman–Crippen LogP) is 4.75. The highest BCUT2D eigenvalue weighted by molar-refractivity contribution is 6.30. The van der Waals surface area contributed by atoms with Gasteiger partial charge in [0.05, 0.1) is 26.6 Å². The maximum Gasteiger partial charge on any atom is 0.258 e. The molecule has 0 aliphatic carbocycles. The first-order chi connectivity index (χ1) is 16.5. The van der Waals surface area contributed by atoms with Gasteiger partial charge in [-0.05, 0) is 47.5 Å². The first kappa shape index (κ1) is 24.8. The molecule has 0 fully saturated rings. The third kappa shape index (κ3) is 7.61. The molecule has 0 radical (unpaired) electrons. The van der Waals surface area contributed by atoms with E-state index in [-0.39, 0.29) is 5.96 Å². The maximum absolute atomic E-state index is 12.9. The Bertz CT molecular complexity index is 1190. The van der Waals surface area contributed by atoms with Crippen molar-refractivity contribution in [3.05, 3.63) is 93.5 Å². The van der Waals surface area contributed by atoms with Gasteiger partial charge >= 0.3 is 0 Å². The summed E-state index contributed by atoms with van der Waals surface area (Å²) in [5.74, 6) is 0.476. The number of rotatable bonds is 7. The molecule has 0 spiro atoms. The van der Waals surface area contributed by atoms with Crippen LogP contribution >= 0.6 is 23.2 Å². The highest BCUT2D eigenvalue weighted by Crippen LogP contribution is 2.22. The molecule has 0 atom stereocenters. The molecule has 0 bridgehead atoms. The second-order valence-electron chi connectivity index (χ2n) is 6.72. The number of methoxy groups -OCH3 is 2. The van der Waals surface area contributed by atoms with E-state index < -0.39 is 5.91 Å². The monoisotopic (exact) mass is 497 g/mol. The lowest BCUT2D eigenvalue weighted by atomic mass is 10.2. The summed E-state index contributed by atoms with van der Waals surface area (Å²) in [7, 11) is 3.00. The van der Waals surface area contributed by atoms with E-state index in [0.29, 0.717) is 27.1 Å². The van der Waals surface area contributed by atoms with Crippen molar-refractivity contribution in [2.75, 3.05) is 14.2 Å². The fourth-order valence-corrected chi connectivity index (χ4v) is 2.86. The zero-order valence-electron chi connectivity index (χ0n) is 18.3. The number of guanidine groups is 1. The van der Waals surface area contributed by atoms with Crippen molar-refractivity contribution in [2.45, 2.75) is 0 Å². The molecule has 3 rings (SSSR count). The van der Waals surface area contributed by atoms with Gasteiger partial charge in [0.2, 0.25) is 5.96 Å². The number of carbonyl (C=O) groups is 1. The van der Waals surface area contributed by atoms with Crippen LogP contribution in [0.2, 0.25) is 10.0 Å². The first-order valence-corrected chi connectivity index (χ1v) is 10.7. The Morgan fingerprint density at radius 1 is 0.824 bits per heavy atom. The van der Waals surface area contributed by atoms with Crippen LogP contribution in [0.3, 0.4) is 0 Å². The average molecular weight is 498 g/mol. The van der Waals surface area contributed by atoms with E-state index in [9.17, 15) is 4.79 Å². The largest absolute Gasteiger partial charge is 0.497 e. The van der Waals surface area contributed by atoms with E-state index >= 15 is 0 Å². The quantitative estimate of drug-likeness (QED) is 0.279. The maximum atomic E-state index is 12.9. The summed E-state index contributed by atoms with van der Waals surface area (Å²) in [5.41, 5.74) is 4.57. The van der Waals surface area contributed by atoms with Gasteiger partial charge in [-0.15, -0.1) is 5.10 Å².